The van der Waals surface area contributed by atoms with Crippen LogP contribution in [0.3, 0.4) is 0 Å². The zero-order valence-electron chi connectivity index (χ0n) is 14.4. The van der Waals surface area contributed by atoms with Crippen LogP contribution in [0.4, 0.5) is 5.69 Å². The van der Waals surface area contributed by atoms with Crippen molar-refractivity contribution in [3.05, 3.63) is 59.2 Å². The molecule has 2 rings (SSSR count). The van der Waals surface area contributed by atoms with E-state index in [1.54, 1.807) is 24.3 Å². The number of ketones is 1. The van der Waals surface area contributed by atoms with Gasteiger partial charge in [-0.15, -0.1) is 0 Å². The molecule has 0 aliphatic rings. The van der Waals surface area contributed by atoms with Gasteiger partial charge in [-0.25, -0.2) is 0 Å². The lowest BCUT2D eigenvalue weighted by Crippen LogP contribution is -2.14. The number of anilines is 1. The van der Waals surface area contributed by atoms with Crippen LogP contribution in [0.25, 0.3) is 0 Å². The van der Waals surface area contributed by atoms with Gasteiger partial charge in [0.05, 0.1) is 6.61 Å². The highest BCUT2D eigenvalue weighted by atomic mass is 16.5. The molecule has 4 heteroatoms. The summed E-state index contributed by atoms with van der Waals surface area (Å²) in [5.74, 6) is 0.725. The van der Waals surface area contributed by atoms with Crippen molar-refractivity contribution < 1.29 is 14.3 Å². The molecule has 0 radical (unpaired) electrons. The third kappa shape index (κ3) is 4.95. The Labute approximate surface area is 142 Å². The van der Waals surface area contributed by atoms with Crippen LogP contribution in [0, 0.1) is 13.8 Å². The lowest BCUT2D eigenvalue weighted by atomic mass is 10.1. The molecule has 2 aromatic carbocycles. The first-order valence-electron chi connectivity index (χ1n) is 8.07. The smallest absolute Gasteiger partial charge is 0.224 e. The molecule has 0 spiro atoms. The Morgan fingerprint density at radius 2 is 1.62 bits per heavy atom. The van der Waals surface area contributed by atoms with Crippen molar-refractivity contribution in [2.24, 2.45) is 0 Å². The fraction of sp³-hybridized carbons (Fsp3) is 0.300. The highest BCUT2D eigenvalue weighted by Crippen LogP contribution is 2.19. The first kappa shape index (κ1) is 17.7. The Hall–Kier alpha value is -2.62. The highest BCUT2D eigenvalue weighted by molar-refractivity contribution is 5.94. The third-order valence-electron chi connectivity index (χ3n) is 3.82. The van der Waals surface area contributed by atoms with E-state index in [4.69, 9.17) is 4.74 Å². The van der Waals surface area contributed by atoms with E-state index in [0.29, 0.717) is 30.8 Å². The van der Waals surface area contributed by atoms with Crippen molar-refractivity contribution >= 4 is 17.4 Å². The summed E-state index contributed by atoms with van der Waals surface area (Å²) in [6.07, 6.45) is 1.03. The molecule has 1 amide bonds. The number of carbonyl (C=O) groups is 2. The van der Waals surface area contributed by atoms with E-state index in [-0.39, 0.29) is 11.7 Å². The third-order valence-corrected chi connectivity index (χ3v) is 3.82. The van der Waals surface area contributed by atoms with Crippen molar-refractivity contribution in [3.8, 4) is 5.75 Å². The Morgan fingerprint density at radius 3 is 2.21 bits per heavy atom. The fourth-order valence-corrected chi connectivity index (χ4v) is 2.42. The summed E-state index contributed by atoms with van der Waals surface area (Å²) in [5.41, 5.74) is 3.67. The van der Waals surface area contributed by atoms with Crippen LogP contribution in [0.2, 0.25) is 0 Å². The topological polar surface area (TPSA) is 55.4 Å². The fourth-order valence-electron chi connectivity index (χ4n) is 2.42. The van der Waals surface area contributed by atoms with Crippen LogP contribution in [0.5, 0.6) is 5.75 Å². The summed E-state index contributed by atoms with van der Waals surface area (Å²) in [6, 6.07) is 13.0. The second kappa shape index (κ2) is 8.29. The van der Waals surface area contributed by atoms with Gasteiger partial charge in [-0.3, -0.25) is 9.59 Å². The predicted molar refractivity (Wildman–Crippen MR) is 95.7 cm³/mol. The molecule has 24 heavy (non-hydrogen) atoms. The summed E-state index contributed by atoms with van der Waals surface area (Å²) in [5, 5.41) is 2.97. The first-order valence-corrected chi connectivity index (χ1v) is 8.07. The number of hydrogen-bond acceptors (Lipinski definition) is 3. The largest absolute Gasteiger partial charge is 0.494 e. The Kier molecular flexibility index (Phi) is 6.13. The van der Waals surface area contributed by atoms with Gasteiger partial charge in [0.1, 0.15) is 5.75 Å². The molecule has 0 fully saturated rings. The second-order valence-corrected chi connectivity index (χ2v) is 5.85. The summed E-state index contributed by atoms with van der Waals surface area (Å²) in [4.78, 5) is 23.2. The van der Waals surface area contributed by atoms with Crippen LogP contribution >= 0.6 is 0 Å². The monoisotopic (exact) mass is 325 g/mol. The van der Waals surface area contributed by atoms with Crippen molar-refractivity contribution in [1.82, 2.24) is 0 Å². The van der Waals surface area contributed by atoms with E-state index >= 15 is 0 Å². The molecule has 0 atom stereocenters. The van der Waals surface area contributed by atoms with E-state index in [9.17, 15) is 9.59 Å². The van der Waals surface area contributed by atoms with Crippen molar-refractivity contribution in [2.45, 2.75) is 33.6 Å². The Morgan fingerprint density at radius 1 is 1.00 bits per heavy atom. The molecular formula is C20H23NO3. The lowest BCUT2D eigenvalue weighted by molar-refractivity contribution is -0.116. The number of Topliss-reactive ketones (excluding diaryl/α,β-unsaturated/α-hetero) is 1. The molecule has 126 valence electrons. The zero-order valence-corrected chi connectivity index (χ0v) is 14.4. The van der Waals surface area contributed by atoms with Gasteiger partial charge in [-0.05, 0) is 62.6 Å². The average Bonchev–Trinajstić information content (AvgIpc) is 2.55. The summed E-state index contributed by atoms with van der Waals surface area (Å²) in [7, 11) is 0. The van der Waals surface area contributed by atoms with Gasteiger partial charge in [0.15, 0.2) is 5.78 Å². The van der Waals surface area contributed by atoms with Gasteiger partial charge in [-0.1, -0.05) is 18.2 Å². The molecule has 0 heterocycles. The first-order chi connectivity index (χ1) is 11.5. The molecule has 0 aliphatic heterocycles. The Balaban J connectivity index is 1.76. The number of aryl methyl sites for hydroxylation is 2. The number of ether oxygens (including phenoxy) is 1. The van der Waals surface area contributed by atoms with E-state index in [2.05, 4.69) is 5.32 Å². The van der Waals surface area contributed by atoms with Gasteiger partial charge in [-0.2, -0.15) is 0 Å². The SMILES string of the molecule is CC(=O)c1ccc(OCCCC(=O)Nc2c(C)cccc2C)cc1. The maximum absolute atomic E-state index is 12.0. The van der Waals surface area contributed by atoms with Gasteiger partial charge < -0.3 is 10.1 Å². The predicted octanol–water partition coefficient (Wildman–Crippen LogP) is 4.30. The molecule has 4 nitrogen and oxygen atoms in total. The number of benzene rings is 2. The minimum absolute atomic E-state index is 0.0112. The molecule has 1 N–H and O–H groups in total. The van der Waals surface area contributed by atoms with Gasteiger partial charge >= 0.3 is 0 Å². The number of rotatable bonds is 7. The van der Waals surface area contributed by atoms with Gasteiger partial charge in [0.2, 0.25) is 5.91 Å². The number of para-hydroxylation sites is 1. The van der Waals surface area contributed by atoms with E-state index < -0.39 is 0 Å². The molecule has 2 aromatic rings. The second-order valence-electron chi connectivity index (χ2n) is 5.85. The molecule has 0 bridgehead atoms. The van der Waals surface area contributed by atoms with Gasteiger partial charge in [0, 0.05) is 17.7 Å². The molecule has 0 aliphatic carbocycles. The standard InChI is InChI=1S/C20H23NO3/c1-14-6-4-7-15(2)20(14)21-19(23)8-5-13-24-18-11-9-17(10-12-18)16(3)22/h4,6-7,9-12H,5,8,13H2,1-3H3,(H,21,23). The van der Waals surface area contributed by atoms with Crippen LogP contribution in [0.15, 0.2) is 42.5 Å². The van der Waals surface area contributed by atoms with Crippen LogP contribution in [-0.2, 0) is 4.79 Å². The molecule has 0 aromatic heterocycles. The number of carbonyl (C=O) groups excluding carboxylic acids is 2. The molecule has 0 saturated carbocycles. The quantitative estimate of drug-likeness (QED) is 0.610. The minimum atomic E-state index is -0.0112. The van der Waals surface area contributed by atoms with E-state index in [1.165, 1.54) is 6.92 Å². The number of amides is 1. The van der Waals surface area contributed by atoms with Crippen LogP contribution in [0.1, 0.15) is 41.3 Å². The van der Waals surface area contributed by atoms with Crippen molar-refractivity contribution in [3.63, 3.8) is 0 Å². The summed E-state index contributed by atoms with van der Waals surface area (Å²) in [6.45, 7) is 5.96. The molecule has 0 saturated heterocycles. The van der Waals surface area contributed by atoms with Crippen LogP contribution in [-0.4, -0.2) is 18.3 Å². The number of hydrogen-bond donors (Lipinski definition) is 1. The maximum atomic E-state index is 12.0. The molecule has 0 unspecified atom stereocenters. The van der Waals surface area contributed by atoms with Crippen molar-refractivity contribution in [1.29, 1.82) is 0 Å². The average molecular weight is 325 g/mol. The summed E-state index contributed by atoms with van der Waals surface area (Å²) >= 11 is 0. The van der Waals surface area contributed by atoms with E-state index in [1.807, 2.05) is 32.0 Å². The molecular weight excluding hydrogens is 302 g/mol. The van der Waals surface area contributed by atoms with Gasteiger partial charge in [0.25, 0.3) is 0 Å². The maximum Gasteiger partial charge on any atom is 0.224 e. The highest BCUT2D eigenvalue weighted by Gasteiger charge is 2.07. The zero-order chi connectivity index (χ0) is 17.5. The Bertz CT molecular complexity index is 700. The lowest BCUT2D eigenvalue weighted by Gasteiger charge is -2.11. The van der Waals surface area contributed by atoms with E-state index in [0.717, 1.165) is 16.8 Å². The van der Waals surface area contributed by atoms with Crippen LogP contribution < -0.4 is 10.1 Å². The van der Waals surface area contributed by atoms with Crippen molar-refractivity contribution in [2.75, 3.05) is 11.9 Å². The minimum Gasteiger partial charge on any atom is -0.494 e. The normalized spacial score (nSPS) is 10.3. The number of nitrogens with one attached hydrogen (secondary N) is 1. The summed E-state index contributed by atoms with van der Waals surface area (Å²) < 4.78 is 5.60.